The number of carbonyl (C=O) groups is 3. The number of benzene rings is 1. The molecule has 1 spiro atoms. The van der Waals surface area contributed by atoms with Gasteiger partial charge in [0.25, 0.3) is 5.91 Å². The smallest absolute Gasteiger partial charge is 0.325 e. The Morgan fingerprint density at radius 1 is 1.06 bits per heavy atom. The number of piperidine rings is 2. The summed E-state index contributed by atoms with van der Waals surface area (Å²) < 4.78 is 0. The molecule has 1 N–H and O–H groups in total. The maximum absolute atomic E-state index is 13.4. The van der Waals surface area contributed by atoms with Crippen LogP contribution in [0.5, 0.6) is 0 Å². The number of carbonyl (C=O) groups excluding carboxylic acids is 3. The van der Waals surface area contributed by atoms with Crippen LogP contribution in [0, 0.1) is 11.8 Å². The molecule has 0 bridgehead atoms. The van der Waals surface area contributed by atoms with E-state index in [1.807, 2.05) is 23.1 Å². The van der Waals surface area contributed by atoms with Gasteiger partial charge in [0, 0.05) is 44.7 Å². The van der Waals surface area contributed by atoms with E-state index < -0.39 is 5.54 Å². The standard InChI is InChI=1S/C24H32N4O3/c1-17-15-20(17)21(29)27-11-7-19(8-12-27)28-22(30)24(25-23(28)31)9-13-26(14-10-24)16-18-5-3-2-4-6-18/h2-6,17,19-20H,7-16H2,1H3,(H,25,31). The number of nitrogens with zero attached hydrogens (tertiary/aromatic N) is 3. The number of imide groups is 1. The number of hydrogen-bond donors (Lipinski definition) is 1. The average molecular weight is 425 g/mol. The third kappa shape index (κ3) is 3.84. The Morgan fingerprint density at radius 2 is 1.71 bits per heavy atom. The zero-order valence-corrected chi connectivity index (χ0v) is 18.3. The number of nitrogens with one attached hydrogen (secondary N) is 1. The van der Waals surface area contributed by atoms with Gasteiger partial charge in [-0.25, -0.2) is 4.79 Å². The molecule has 4 amide bonds. The van der Waals surface area contributed by atoms with Crippen molar-refractivity contribution in [1.82, 2.24) is 20.0 Å². The minimum absolute atomic E-state index is 0.0579. The number of amides is 4. The quantitative estimate of drug-likeness (QED) is 0.753. The topological polar surface area (TPSA) is 73.0 Å². The summed E-state index contributed by atoms with van der Waals surface area (Å²) in [6.45, 7) is 5.85. The van der Waals surface area contributed by atoms with Crippen molar-refractivity contribution in [1.29, 1.82) is 0 Å². The first-order chi connectivity index (χ1) is 15.0. The van der Waals surface area contributed by atoms with E-state index >= 15 is 0 Å². The number of urea groups is 1. The second kappa shape index (κ2) is 7.93. The van der Waals surface area contributed by atoms with Gasteiger partial charge < -0.3 is 10.2 Å². The zero-order chi connectivity index (χ0) is 21.6. The molecule has 2 atom stereocenters. The highest BCUT2D eigenvalue weighted by Crippen LogP contribution is 2.40. The lowest BCUT2D eigenvalue weighted by molar-refractivity contribution is -0.137. The van der Waals surface area contributed by atoms with Gasteiger partial charge in [-0.15, -0.1) is 0 Å². The normalized spacial score (nSPS) is 28.8. The maximum atomic E-state index is 13.4. The van der Waals surface area contributed by atoms with Gasteiger partial charge in [-0.05, 0) is 43.6 Å². The Morgan fingerprint density at radius 3 is 2.32 bits per heavy atom. The second-order valence-electron chi connectivity index (χ2n) is 9.83. The molecule has 0 aromatic heterocycles. The van der Waals surface area contributed by atoms with Gasteiger partial charge in [0.1, 0.15) is 5.54 Å². The van der Waals surface area contributed by atoms with Gasteiger partial charge in [0.15, 0.2) is 0 Å². The Kier molecular flexibility index (Phi) is 5.24. The predicted molar refractivity (Wildman–Crippen MR) is 116 cm³/mol. The summed E-state index contributed by atoms with van der Waals surface area (Å²) in [5, 5.41) is 3.05. The van der Waals surface area contributed by atoms with Crippen molar-refractivity contribution < 1.29 is 14.4 Å². The van der Waals surface area contributed by atoms with Crippen LogP contribution in [0.1, 0.15) is 44.6 Å². The van der Waals surface area contributed by atoms with Crippen LogP contribution in [-0.2, 0) is 16.1 Å². The summed E-state index contributed by atoms with van der Waals surface area (Å²) in [5.41, 5.74) is 0.518. The highest BCUT2D eigenvalue weighted by atomic mass is 16.2. The molecule has 0 radical (unpaired) electrons. The fourth-order valence-corrected chi connectivity index (χ4v) is 5.49. The van der Waals surface area contributed by atoms with E-state index in [-0.39, 0.29) is 29.8 Å². The molecular weight excluding hydrogens is 392 g/mol. The molecule has 7 heteroatoms. The highest BCUT2D eigenvalue weighted by molar-refractivity contribution is 6.07. The minimum Gasteiger partial charge on any atom is -0.342 e. The molecule has 3 aliphatic heterocycles. The zero-order valence-electron chi connectivity index (χ0n) is 18.3. The predicted octanol–water partition coefficient (Wildman–Crippen LogP) is 2.22. The van der Waals surface area contributed by atoms with E-state index in [9.17, 15) is 14.4 Å². The summed E-state index contributed by atoms with van der Waals surface area (Å²) in [5.74, 6) is 0.893. The molecule has 1 aromatic carbocycles. The van der Waals surface area contributed by atoms with Crippen molar-refractivity contribution in [3.8, 4) is 0 Å². The minimum atomic E-state index is -0.749. The molecule has 31 heavy (non-hydrogen) atoms. The molecular formula is C24H32N4O3. The number of likely N-dealkylation sites (tertiary alicyclic amines) is 2. The van der Waals surface area contributed by atoms with Crippen LogP contribution < -0.4 is 5.32 Å². The van der Waals surface area contributed by atoms with Crippen LogP contribution >= 0.6 is 0 Å². The van der Waals surface area contributed by atoms with Crippen LogP contribution in [0.15, 0.2) is 30.3 Å². The second-order valence-corrected chi connectivity index (χ2v) is 9.83. The molecule has 4 aliphatic rings. The summed E-state index contributed by atoms with van der Waals surface area (Å²) in [7, 11) is 0. The summed E-state index contributed by atoms with van der Waals surface area (Å²) in [6.07, 6.45) is 3.66. The molecule has 2 unspecified atom stereocenters. The first-order valence-corrected chi connectivity index (χ1v) is 11.7. The first-order valence-electron chi connectivity index (χ1n) is 11.7. The molecule has 7 nitrogen and oxygen atoms in total. The third-order valence-electron chi connectivity index (χ3n) is 7.72. The Labute approximate surface area is 183 Å². The van der Waals surface area contributed by atoms with Crippen molar-refractivity contribution in [2.24, 2.45) is 11.8 Å². The van der Waals surface area contributed by atoms with Crippen LogP contribution in [0.2, 0.25) is 0 Å². The largest absolute Gasteiger partial charge is 0.342 e. The Balaban J connectivity index is 1.17. The molecule has 3 heterocycles. The van der Waals surface area contributed by atoms with Crippen molar-refractivity contribution in [3.63, 3.8) is 0 Å². The Bertz CT molecular complexity index is 857. The van der Waals surface area contributed by atoms with Crippen LogP contribution in [0.3, 0.4) is 0 Å². The third-order valence-corrected chi connectivity index (χ3v) is 7.72. The highest BCUT2D eigenvalue weighted by Gasteiger charge is 2.54. The molecule has 1 aromatic rings. The van der Waals surface area contributed by atoms with Crippen molar-refractivity contribution in [2.45, 2.75) is 57.2 Å². The summed E-state index contributed by atoms with van der Waals surface area (Å²) >= 11 is 0. The van der Waals surface area contributed by atoms with Gasteiger partial charge in [-0.3, -0.25) is 19.4 Å². The van der Waals surface area contributed by atoms with Crippen molar-refractivity contribution >= 4 is 17.8 Å². The lowest BCUT2D eigenvalue weighted by Crippen LogP contribution is -2.55. The van der Waals surface area contributed by atoms with Crippen molar-refractivity contribution in [3.05, 3.63) is 35.9 Å². The van der Waals surface area contributed by atoms with Gasteiger partial charge >= 0.3 is 6.03 Å². The fraction of sp³-hybridized carbons (Fsp3) is 0.625. The first kappa shape index (κ1) is 20.5. The summed E-state index contributed by atoms with van der Waals surface area (Å²) in [4.78, 5) is 44.4. The monoisotopic (exact) mass is 424 g/mol. The lowest BCUT2D eigenvalue weighted by Gasteiger charge is -2.39. The van der Waals surface area contributed by atoms with Gasteiger partial charge in [-0.2, -0.15) is 0 Å². The molecule has 166 valence electrons. The fourth-order valence-electron chi connectivity index (χ4n) is 5.49. The van der Waals surface area contributed by atoms with E-state index in [0.717, 1.165) is 26.1 Å². The average Bonchev–Trinajstić information content (AvgIpc) is 3.46. The van der Waals surface area contributed by atoms with Crippen LogP contribution in [-0.4, -0.2) is 70.3 Å². The van der Waals surface area contributed by atoms with Crippen LogP contribution in [0.4, 0.5) is 4.79 Å². The van der Waals surface area contributed by atoms with E-state index in [0.29, 0.717) is 44.7 Å². The molecule has 4 fully saturated rings. The van der Waals surface area contributed by atoms with Gasteiger partial charge in [0.05, 0.1) is 0 Å². The molecule has 1 aliphatic carbocycles. The number of rotatable bonds is 4. The van der Waals surface area contributed by atoms with Gasteiger partial charge in [-0.1, -0.05) is 37.3 Å². The SMILES string of the molecule is CC1CC1C(=O)N1CCC(N2C(=O)NC3(CCN(Cc4ccccc4)CC3)C2=O)CC1. The van der Waals surface area contributed by atoms with Gasteiger partial charge in [0.2, 0.25) is 5.91 Å². The lowest BCUT2D eigenvalue weighted by atomic mass is 9.86. The van der Waals surface area contributed by atoms with Crippen LogP contribution in [0.25, 0.3) is 0 Å². The Hall–Kier alpha value is -2.41. The maximum Gasteiger partial charge on any atom is 0.325 e. The molecule has 1 saturated carbocycles. The van der Waals surface area contributed by atoms with E-state index in [4.69, 9.17) is 0 Å². The van der Waals surface area contributed by atoms with Crippen molar-refractivity contribution in [2.75, 3.05) is 26.2 Å². The number of hydrogen-bond acceptors (Lipinski definition) is 4. The summed E-state index contributed by atoms with van der Waals surface area (Å²) in [6, 6.07) is 10.00. The van der Waals surface area contributed by atoms with E-state index in [1.165, 1.54) is 10.5 Å². The molecule has 3 saturated heterocycles. The molecule has 5 rings (SSSR count). The van der Waals surface area contributed by atoms with E-state index in [1.54, 1.807) is 0 Å². The van der Waals surface area contributed by atoms with E-state index in [2.05, 4.69) is 29.3 Å².